The third-order valence-corrected chi connectivity index (χ3v) is 5.28. The standard InChI is InChI=1S/C21H23NO4S/c1-5-26-14-9-6-8-13(12-14)22-17(15-10-7-11-27-15)16(18(23)20(22)25)19(24)21(2,3)4/h6-12,17,23H,5H2,1-4H3. The molecule has 0 spiro atoms. The highest BCUT2D eigenvalue weighted by molar-refractivity contribution is 7.10. The molecule has 1 N–H and O–H groups in total. The highest BCUT2D eigenvalue weighted by atomic mass is 32.1. The molecule has 0 aliphatic carbocycles. The zero-order valence-corrected chi connectivity index (χ0v) is 16.7. The van der Waals surface area contributed by atoms with Crippen LogP contribution in [0.4, 0.5) is 5.69 Å². The van der Waals surface area contributed by atoms with Crippen LogP contribution in [0.15, 0.2) is 53.1 Å². The van der Waals surface area contributed by atoms with E-state index in [0.717, 1.165) is 4.88 Å². The predicted molar refractivity (Wildman–Crippen MR) is 106 cm³/mol. The molecule has 0 saturated carbocycles. The molecular weight excluding hydrogens is 362 g/mol. The lowest BCUT2D eigenvalue weighted by Crippen LogP contribution is -2.32. The summed E-state index contributed by atoms with van der Waals surface area (Å²) in [6.07, 6.45) is 0. The number of aliphatic hydroxyl groups excluding tert-OH is 1. The number of anilines is 1. The van der Waals surface area contributed by atoms with Crippen LogP contribution < -0.4 is 9.64 Å². The van der Waals surface area contributed by atoms with Crippen LogP contribution in [0.25, 0.3) is 0 Å². The van der Waals surface area contributed by atoms with Crippen LogP contribution >= 0.6 is 11.3 Å². The molecule has 0 fully saturated rings. The van der Waals surface area contributed by atoms with Gasteiger partial charge in [0.15, 0.2) is 11.5 Å². The summed E-state index contributed by atoms with van der Waals surface area (Å²) in [6.45, 7) is 7.73. The van der Waals surface area contributed by atoms with Crippen molar-refractivity contribution in [3.63, 3.8) is 0 Å². The third-order valence-electron chi connectivity index (χ3n) is 4.35. The van der Waals surface area contributed by atoms with Crippen molar-refractivity contribution in [2.24, 2.45) is 5.41 Å². The molecule has 1 atom stereocenters. The molecule has 3 rings (SSSR count). The number of rotatable bonds is 5. The Morgan fingerprint density at radius 1 is 1.26 bits per heavy atom. The number of thiophene rings is 1. The monoisotopic (exact) mass is 385 g/mol. The van der Waals surface area contributed by atoms with Crippen molar-refractivity contribution in [1.82, 2.24) is 0 Å². The van der Waals surface area contributed by atoms with E-state index in [0.29, 0.717) is 18.0 Å². The first-order valence-electron chi connectivity index (χ1n) is 8.83. The Labute approximate surface area is 162 Å². The fourth-order valence-electron chi connectivity index (χ4n) is 3.11. The van der Waals surface area contributed by atoms with Crippen LogP contribution in [0.3, 0.4) is 0 Å². The van der Waals surface area contributed by atoms with E-state index in [9.17, 15) is 14.7 Å². The van der Waals surface area contributed by atoms with E-state index >= 15 is 0 Å². The minimum absolute atomic E-state index is 0.150. The van der Waals surface area contributed by atoms with E-state index in [1.54, 1.807) is 39.0 Å². The van der Waals surface area contributed by atoms with E-state index in [1.165, 1.54) is 16.2 Å². The summed E-state index contributed by atoms with van der Waals surface area (Å²) >= 11 is 1.45. The fourth-order valence-corrected chi connectivity index (χ4v) is 3.94. The van der Waals surface area contributed by atoms with Gasteiger partial charge in [-0.3, -0.25) is 14.5 Å². The summed E-state index contributed by atoms with van der Waals surface area (Å²) in [6, 6.07) is 10.2. The van der Waals surface area contributed by atoms with Gasteiger partial charge in [0.1, 0.15) is 11.8 Å². The molecule has 0 saturated heterocycles. The van der Waals surface area contributed by atoms with Crippen molar-refractivity contribution in [1.29, 1.82) is 0 Å². The van der Waals surface area contributed by atoms with Gasteiger partial charge in [-0.2, -0.15) is 0 Å². The average molecular weight is 385 g/mol. The van der Waals surface area contributed by atoms with Gasteiger partial charge in [0.25, 0.3) is 5.91 Å². The lowest BCUT2D eigenvalue weighted by molar-refractivity contribution is -0.123. The number of aliphatic hydroxyl groups is 1. The molecule has 1 amide bonds. The summed E-state index contributed by atoms with van der Waals surface area (Å²) < 4.78 is 5.54. The number of ether oxygens (including phenoxy) is 1. The summed E-state index contributed by atoms with van der Waals surface area (Å²) in [5.41, 5.74) is 0.00631. The van der Waals surface area contributed by atoms with Crippen LogP contribution in [-0.4, -0.2) is 23.4 Å². The van der Waals surface area contributed by atoms with Gasteiger partial charge in [0.05, 0.1) is 12.2 Å². The quantitative estimate of drug-likeness (QED) is 0.813. The van der Waals surface area contributed by atoms with Gasteiger partial charge in [-0.1, -0.05) is 32.9 Å². The highest BCUT2D eigenvalue weighted by Crippen LogP contribution is 2.45. The number of nitrogens with zero attached hydrogens (tertiary/aromatic N) is 1. The predicted octanol–water partition coefficient (Wildman–Crippen LogP) is 4.66. The van der Waals surface area contributed by atoms with Gasteiger partial charge < -0.3 is 9.84 Å². The first-order chi connectivity index (χ1) is 12.8. The van der Waals surface area contributed by atoms with Gasteiger partial charge in [-0.25, -0.2) is 0 Å². The maximum atomic E-state index is 13.1. The Bertz CT molecular complexity index is 893. The van der Waals surface area contributed by atoms with Crippen LogP contribution in [0.2, 0.25) is 0 Å². The Morgan fingerprint density at radius 2 is 2.00 bits per heavy atom. The third kappa shape index (κ3) is 3.49. The van der Waals surface area contributed by atoms with E-state index in [1.807, 2.05) is 30.5 Å². The molecule has 0 bridgehead atoms. The maximum absolute atomic E-state index is 13.1. The smallest absolute Gasteiger partial charge is 0.294 e. The molecule has 1 aliphatic heterocycles. The molecule has 2 aromatic rings. The molecule has 0 radical (unpaired) electrons. The van der Waals surface area contributed by atoms with Crippen molar-refractivity contribution >= 4 is 28.7 Å². The molecule has 27 heavy (non-hydrogen) atoms. The lowest BCUT2D eigenvalue weighted by Gasteiger charge is -2.28. The Morgan fingerprint density at radius 3 is 2.59 bits per heavy atom. The molecule has 1 aliphatic rings. The Hall–Kier alpha value is -2.60. The van der Waals surface area contributed by atoms with Crippen molar-refractivity contribution in [2.45, 2.75) is 33.7 Å². The van der Waals surface area contributed by atoms with E-state index in [-0.39, 0.29) is 11.4 Å². The topological polar surface area (TPSA) is 66.8 Å². The number of hydrogen-bond acceptors (Lipinski definition) is 5. The molecule has 1 aromatic heterocycles. The summed E-state index contributed by atoms with van der Waals surface area (Å²) in [5.74, 6) is -0.664. The summed E-state index contributed by atoms with van der Waals surface area (Å²) in [5, 5.41) is 12.5. The van der Waals surface area contributed by atoms with Crippen LogP contribution in [0.5, 0.6) is 5.75 Å². The second kappa shape index (κ2) is 7.19. The van der Waals surface area contributed by atoms with Gasteiger partial charge in [0.2, 0.25) is 0 Å². The second-order valence-electron chi connectivity index (χ2n) is 7.36. The Balaban J connectivity index is 2.14. The van der Waals surface area contributed by atoms with Crippen molar-refractivity contribution in [3.8, 4) is 5.75 Å². The molecular formula is C21H23NO4S. The maximum Gasteiger partial charge on any atom is 0.294 e. The molecule has 1 aromatic carbocycles. The largest absolute Gasteiger partial charge is 0.503 e. The van der Waals surface area contributed by atoms with Crippen LogP contribution in [-0.2, 0) is 9.59 Å². The average Bonchev–Trinajstić information content (AvgIpc) is 3.22. The first kappa shape index (κ1) is 19.2. The second-order valence-corrected chi connectivity index (χ2v) is 8.34. The van der Waals surface area contributed by atoms with Crippen molar-refractivity contribution in [3.05, 3.63) is 58.0 Å². The Kier molecular flexibility index (Phi) is 5.11. The molecule has 6 heteroatoms. The number of benzene rings is 1. The minimum Gasteiger partial charge on any atom is -0.503 e. The van der Waals surface area contributed by atoms with Crippen molar-refractivity contribution in [2.75, 3.05) is 11.5 Å². The van der Waals surface area contributed by atoms with Gasteiger partial charge in [0, 0.05) is 22.0 Å². The van der Waals surface area contributed by atoms with Crippen molar-refractivity contribution < 1.29 is 19.4 Å². The number of carbonyl (C=O) groups excluding carboxylic acids is 2. The molecule has 142 valence electrons. The van der Waals surface area contributed by atoms with Crippen LogP contribution in [0.1, 0.15) is 38.6 Å². The fraction of sp³-hybridized carbons (Fsp3) is 0.333. The SMILES string of the molecule is CCOc1cccc(N2C(=O)C(O)=C(C(=O)C(C)(C)C)C2c2cccs2)c1. The molecule has 2 heterocycles. The van der Waals surface area contributed by atoms with Gasteiger partial charge in [-0.05, 0) is 30.5 Å². The number of Topliss-reactive ketones (excluding diaryl/α,β-unsaturated/α-hetero) is 1. The first-order valence-corrected chi connectivity index (χ1v) is 9.71. The molecule has 1 unspecified atom stereocenters. The lowest BCUT2D eigenvalue weighted by atomic mass is 9.83. The van der Waals surface area contributed by atoms with Gasteiger partial charge >= 0.3 is 0 Å². The number of amides is 1. The number of ketones is 1. The van der Waals surface area contributed by atoms with E-state index < -0.39 is 23.1 Å². The van der Waals surface area contributed by atoms with E-state index in [4.69, 9.17) is 4.74 Å². The normalized spacial score (nSPS) is 17.6. The highest BCUT2D eigenvalue weighted by Gasteiger charge is 2.47. The summed E-state index contributed by atoms with van der Waals surface area (Å²) in [7, 11) is 0. The van der Waals surface area contributed by atoms with Crippen LogP contribution in [0, 0.1) is 5.41 Å². The zero-order valence-electron chi connectivity index (χ0n) is 15.9. The van der Waals surface area contributed by atoms with Gasteiger partial charge in [-0.15, -0.1) is 11.3 Å². The zero-order chi connectivity index (χ0) is 19.8. The number of hydrogen-bond donors (Lipinski definition) is 1. The van der Waals surface area contributed by atoms with E-state index in [2.05, 4.69) is 0 Å². The minimum atomic E-state index is -0.720. The summed E-state index contributed by atoms with van der Waals surface area (Å²) in [4.78, 5) is 28.3. The number of carbonyl (C=O) groups is 2. The molecule has 5 nitrogen and oxygen atoms in total.